The van der Waals surface area contributed by atoms with Gasteiger partial charge in [0, 0.05) is 12.2 Å². The van der Waals surface area contributed by atoms with Gasteiger partial charge in [0.25, 0.3) is 0 Å². The van der Waals surface area contributed by atoms with Crippen LogP contribution >= 0.6 is 11.6 Å². The Morgan fingerprint density at radius 2 is 2.36 bits per heavy atom. The van der Waals surface area contributed by atoms with Crippen LogP contribution in [0.25, 0.3) is 0 Å². The number of nitrogens with two attached hydrogens (primary N) is 1. The lowest BCUT2D eigenvalue weighted by Crippen LogP contribution is -2.05. The average molecular weight is 175 g/mol. The lowest BCUT2D eigenvalue weighted by molar-refractivity contribution is 0.615. The van der Waals surface area contributed by atoms with Gasteiger partial charge in [-0.3, -0.25) is 0 Å². The van der Waals surface area contributed by atoms with E-state index in [1.807, 2.05) is 0 Å². The van der Waals surface area contributed by atoms with Crippen molar-refractivity contribution in [2.24, 2.45) is 5.73 Å². The molecule has 1 heterocycles. The Bertz CT molecular complexity index is 263. The molecule has 0 radical (unpaired) electrons. The van der Waals surface area contributed by atoms with Crippen LogP contribution in [0.4, 0.5) is 4.39 Å². The Balaban J connectivity index is 3.05. The molecule has 1 atom stereocenters. The van der Waals surface area contributed by atoms with Crippen molar-refractivity contribution < 1.29 is 4.39 Å². The van der Waals surface area contributed by atoms with E-state index in [9.17, 15) is 4.39 Å². The molecule has 2 N–H and O–H groups in total. The van der Waals surface area contributed by atoms with Crippen molar-refractivity contribution in [3.63, 3.8) is 0 Å². The van der Waals surface area contributed by atoms with E-state index in [-0.39, 0.29) is 11.2 Å². The van der Waals surface area contributed by atoms with Crippen LogP contribution in [0.5, 0.6) is 0 Å². The van der Waals surface area contributed by atoms with Crippen LogP contribution in [0.3, 0.4) is 0 Å². The fourth-order valence-corrected chi connectivity index (χ4v) is 0.788. The van der Waals surface area contributed by atoms with Crippen LogP contribution in [0.1, 0.15) is 18.5 Å². The average Bonchev–Trinajstić information content (AvgIpc) is 1.94. The van der Waals surface area contributed by atoms with Gasteiger partial charge in [-0.25, -0.2) is 9.37 Å². The van der Waals surface area contributed by atoms with Gasteiger partial charge in [0.15, 0.2) is 11.0 Å². The summed E-state index contributed by atoms with van der Waals surface area (Å²) < 4.78 is 12.7. The van der Waals surface area contributed by atoms with Crippen LogP contribution in [0, 0.1) is 5.82 Å². The van der Waals surface area contributed by atoms with Crippen molar-refractivity contribution in [2.75, 3.05) is 0 Å². The molecule has 1 rings (SSSR count). The molecule has 2 nitrogen and oxygen atoms in total. The molecule has 0 amide bonds. The summed E-state index contributed by atoms with van der Waals surface area (Å²) in [6.45, 7) is 1.75. The van der Waals surface area contributed by atoms with E-state index in [4.69, 9.17) is 17.3 Å². The molecule has 4 heteroatoms. The van der Waals surface area contributed by atoms with Gasteiger partial charge in [-0.1, -0.05) is 11.6 Å². The van der Waals surface area contributed by atoms with E-state index in [0.717, 1.165) is 0 Å². The predicted octanol–water partition coefficient (Wildman–Crippen LogP) is 1.89. The predicted molar refractivity (Wildman–Crippen MR) is 41.8 cm³/mol. The smallest absolute Gasteiger partial charge is 0.164 e. The Morgan fingerprint density at radius 1 is 1.73 bits per heavy atom. The lowest BCUT2D eigenvalue weighted by atomic mass is 10.2. The third-order valence-corrected chi connectivity index (χ3v) is 1.62. The van der Waals surface area contributed by atoms with Crippen LogP contribution in [-0.4, -0.2) is 4.98 Å². The summed E-state index contributed by atoms with van der Waals surface area (Å²) in [5.74, 6) is -0.526. The van der Waals surface area contributed by atoms with Gasteiger partial charge >= 0.3 is 0 Å². The number of pyridine rings is 1. The highest BCUT2D eigenvalue weighted by Gasteiger charge is 2.04. The van der Waals surface area contributed by atoms with Crippen molar-refractivity contribution >= 4 is 11.6 Å². The van der Waals surface area contributed by atoms with Crippen molar-refractivity contribution in [1.82, 2.24) is 4.98 Å². The molecule has 0 aromatic carbocycles. The van der Waals surface area contributed by atoms with Crippen LogP contribution < -0.4 is 5.73 Å². The first-order valence-electron chi connectivity index (χ1n) is 3.18. The second-order valence-corrected chi connectivity index (χ2v) is 2.69. The Morgan fingerprint density at radius 3 is 2.82 bits per heavy atom. The standard InChI is InChI=1S/C7H8ClFN2/c1-4(10)5-2-6(9)7(8)11-3-5/h2-4H,10H2,1H3/t4-/m0/s1. The molecular formula is C7H8ClFN2. The fraction of sp³-hybridized carbons (Fsp3) is 0.286. The van der Waals surface area contributed by atoms with Gasteiger partial charge in [-0.05, 0) is 18.6 Å². The van der Waals surface area contributed by atoms with Crippen LogP contribution in [0.2, 0.25) is 5.15 Å². The normalized spacial score (nSPS) is 13.1. The first-order chi connectivity index (χ1) is 5.11. The number of hydrogen-bond acceptors (Lipinski definition) is 2. The minimum absolute atomic E-state index is 0.116. The molecule has 60 valence electrons. The highest BCUT2D eigenvalue weighted by atomic mass is 35.5. The number of hydrogen-bond donors (Lipinski definition) is 1. The molecular weight excluding hydrogens is 167 g/mol. The van der Waals surface area contributed by atoms with Crippen molar-refractivity contribution in [2.45, 2.75) is 13.0 Å². The molecule has 0 saturated carbocycles. The number of aromatic nitrogens is 1. The lowest BCUT2D eigenvalue weighted by Gasteiger charge is -2.04. The molecule has 0 bridgehead atoms. The molecule has 1 aromatic heterocycles. The molecule has 0 aliphatic heterocycles. The SMILES string of the molecule is C[C@H](N)c1cnc(Cl)c(F)c1. The van der Waals surface area contributed by atoms with Crippen molar-refractivity contribution in [3.05, 3.63) is 28.8 Å². The van der Waals surface area contributed by atoms with Crippen LogP contribution in [0.15, 0.2) is 12.3 Å². The highest BCUT2D eigenvalue weighted by Crippen LogP contribution is 2.15. The number of halogens is 2. The van der Waals surface area contributed by atoms with Crippen molar-refractivity contribution in [3.8, 4) is 0 Å². The van der Waals surface area contributed by atoms with E-state index in [2.05, 4.69) is 4.98 Å². The van der Waals surface area contributed by atoms with Gasteiger partial charge in [0.2, 0.25) is 0 Å². The summed E-state index contributed by atoms with van der Waals surface area (Å²) in [6.07, 6.45) is 1.47. The monoisotopic (exact) mass is 174 g/mol. The Labute approximate surface area is 69.2 Å². The highest BCUT2D eigenvalue weighted by molar-refractivity contribution is 6.29. The Hall–Kier alpha value is -0.670. The fourth-order valence-electron chi connectivity index (χ4n) is 0.685. The van der Waals surface area contributed by atoms with Gasteiger partial charge in [0.1, 0.15) is 0 Å². The first kappa shape index (κ1) is 8.43. The molecule has 0 spiro atoms. The summed E-state index contributed by atoms with van der Waals surface area (Å²) in [6, 6.07) is 1.08. The molecule has 1 aromatic rings. The van der Waals surface area contributed by atoms with Gasteiger partial charge in [-0.15, -0.1) is 0 Å². The third-order valence-electron chi connectivity index (χ3n) is 1.34. The van der Waals surface area contributed by atoms with E-state index >= 15 is 0 Å². The van der Waals surface area contributed by atoms with Gasteiger partial charge in [0.05, 0.1) is 0 Å². The molecule has 0 saturated heterocycles. The molecule has 0 aliphatic rings. The zero-order chi connectivity index (χ0) is 8.43. The summed E-state index contributed by atoms with van der Waals surface area (Å²) >= 11 is 5.36. The summed E-state index contributed by atoms with van der Waals surface area (Å²) in [4.78, 5) is 3.61. The van der Waals surface area contributed by atoms with Gasteiger partial charge in [-0.2, -0.15) is 0 Å². The topological polar surface area (TPSA) is 38.9 Å². The molecule has 0 aliphatic carbocycles. The molecule has 11 heavy (non-hydrogen) atoms. The summed E-state index contributed by atoms with van der Waals surface area (Å²) in [5, 5.41) is -0.116. The maximum Gasteiger partial charge on any atom is 0.164 e. The largest absolute Gasteiger partial charge is 0.324 e. The maximum atomic E-state index is 12.7. The Kier molecular flexibility index (Phi) is 2.42. The van der Waals surface area contributed by atoms with Gasteiger partial charge < -0.3 is 5.73 Å². The maximum absolute atomic E-state index is 12.7. The second-order valence-electron chi connectivity index (χ2n) is 2.33. The summed E-state index contributed by atoms with van der Waals surface area (Å²) in [7, 11) is 0. The first-order valence-corrected chi connectivity index (χ1v) is 3.55. The molecule has 0 unspecified atom stereocenters. The third kappa shape index (κ3) is 1.88. The number of nitrogens with zero attached hydrogens (tertiary/aromatic N) is 1. The van der Waals surface area contributed by atoms with E-state index in [1.165, 1.54) is 12.3 Å². The zero-order valence-electron chi connectivity index (χ0n) is 6.01. The van der Waals surface area contributed by atoms with E-state index in [1.54, 1.807) is 6.92 Å². The number of rotatable bonds is 1. The van der Waals surface area contributed by atoms with Crippen LogP contribution in [-0.2, 0) is 0 Å². The zero-order valence-corrected chi connectivity index (χ0v) is 6.77. The second kappa shape index (κ2) is 3.15. The minimum atomic E-state index is -0.526. The summed E-state index contributed by atoms with van der Waals surface area (Å²) in [5.41, 5.74) is 6.13. The quantitative estimate of drug-likeness (QED) is 0.661. The molecule has 0 fully saturated rings. The van der Waals surface area contributed by atoms with Crippen molar-refractivity contribution in [1.29, 1.82) is 0 Å². The van der Waals surface area contributed by atoms with E-state index in [0.29, 0.717) is 5.56 Å². The minimum Gasteiger partial charge on any atom is -0.324 e. The van der Waals surface area contributed by atoms with E-state index < -0.39 is 5.82 Å².